The summed E-state index contributed by atoms with van der Waals surface area (Å²) in [5.41, 5.74) is 6.78. The van der Waals surface area contributed by atoms with Crippen LogP contribution in [0.25, 0.3) is 11.5 Å². The van der Waals surface area contributed by atoms with Gasteiger partial charge in [-0.15, -0.1) is 0 Å². The number of hydrogen-bond acceptors (Lipinski definition) is 4. The molecule has 0 saturated heterocycles. The molecule has 0 bridgehead atoms. The molecule has 1 heterocycles. The highest BCUT2D eigenvalue weighted by atomic mass is 35.5. The first-order chi connectivity index (χ1) is 9.17. The fraction of sp³-hybridized carbons (Fsp3) is 0.429. The normalized spacial score (nSPS) is 18.4. The zero-order valence-electron chi connectivity index (χ0n) is 10.6. The number of hydrogen-bond donors (Lipinski definition) is 1. The molecule has 0 amide bonds. The van der Waals surface area contributed by atoms with Gasteiger partial charge in [0.1, 0.15) is 0 Å². The summed E-state index contributed by atoms with van der Waals surface area (Å²) >= 11 is 5.96. The van der Waals surface area contributed by atoms with Crippen molar-refractivity contribution >= 4 is 11.6 Å². The molecule has 0 atom stereocenters. The van der Waals surface area contributed by atoms with E-state index in [4.69, 9.17) is 21.9 Å². The predicted octanol–water partition coefficient (Wildman–Crippen LogP) is 3.51. The molecule has 1 saturated carbocycles. The molecule has 0 aliphatic heterocycles. The number of rotatable bonds is 2. The summed E-state index contributed by atoms with van der Waals surface area (Å²) in [4.78, 5) is 4.46. The highest BCUT2D eigenvalue weighted by Gasteiger charge is 2.34. The third kappa shape index (κ3) is 2.51. The van der Waals surface area contributed by atoms with Gasteiger partial charge >= 0.3 is 0 Å². The van der Waals surface area contributed by atoms with Gasteiger partial charge in [-0.3, -0.25) is 0 Å². The van der Waals surface area contributed by atoms with Crippen molar-refractivity contribution in [2.45, 2.75) is 37.6 Å². The van der Waals surface area contributed by atoms with E-state index >= 15 is 0 Å². The van der Waals surface area contributed by atoms with Gasteiger partial charge in [0.2, 0.25) is 0 Å². The van der Waals surface area contributed by atoms with Crippen molar-refractivity contribution in [1.82, 2.24) is 10.1 Å². The second-order valence-electron chi connectivity index (χ2n) is 5.15. The lowest BCUT2D eigenvalue weighted by molar-refractivity contribution is 0.275. The lowest BCUT2D eigenvalue weighted by Gasteiger charge is -2.29. The lowest BCUT2D eigenvalue weighted by Crippen LogP contribution is -2.39. The molecular formula is C14H16ClN3O. The van der Waals surface area contributed by atoms with Gasteiger partial charge in [0, 0.05) is 10.6 Å². The van der Waals surface area contributed by atoms with Crippen LogP contribution in [0.1, 0.15) is 37.9 Å². The van der Waals surface area contributed by atoms with Crippen molar-refractivity contribution in [2.24, 2.45) is 5.73 Å². The number of nitrogens with zero attached hydrogens (tertiary/aromatic N) is 2. The van der Waals surface area contributed by atoms with E-state index in [1.807, 2.05) is 24.3 Å². The Bertz CT molecular complexity index is 576. The van der Waals surface area contributed by atoms with Gasteiger partial charge < -0.3 is 10.3 Å². The van der Waals surface area contributed by atoms with Gasteiger partial charge in [-0.05, 0) is 31.0 Å². The van der Waals surface area contributed by atoms with Gasteiger partial charge in [0.15, 0.2) is 5.82 Å². The van der Waals surface area contributed by atoms with Crippen LogP contribution in [0.4, 0.5) is 0 Å². The molecule has 2 N–H and O–H groups in total. The number of benzene rings is 1. The molecule has 5 heteroatoms. The Morgan fingerprint density at radius 2 is 2.00 bits per heavy atom. The average molecular weight is 278 g/mol. The molecule has 3 rings (SSSR count). The molecule has 1 aliphatic carbocycles. The zero-order valence-corrected chi connectivity index (χ0v) is 11.4. The van der Waals surface area contributed by atoms with Gasteiger partial charge in [0.05, 0.1) is 5.54 Å². The highest BCUT2D eigenvalue weighted by Crippen LogP contribution is 2.34. The SMILES string of the molecule is NC1(c2noc(-c3cccc(Cl)c3)n2)CCCCC1. The maximum absolute atomic E-state index is 6.39. The number of nitrogens with two attached hydrogens (primary N) is 1. The molecule has 0 radical (unpaired) electrons. The Labute approximate surface area is 117 Å². The van der Waals surface area contributed by atoms with E-state index in [1.165, 1.54) is 6.42 Å². The van der Waals surface area contributed by atoms with Crippen molar-refractivity contribution in [3.8, 4) is 11.5 Å². The standard InChI is InChI=1S/C14H16ClN3O/c15-11-6-4-5-10(9-11)12-17-13(18-19-12)14(16)7-2-1-3-8-14/h4-6,9H,1-3,7-8,16H2. The fourth-order valence-electron chi connectivity index (χ4n) is 2.57. The number of halogens is 1. The molecule has 100 valence electrons. The van der Waals surface area contributed by atoms with E-state index in [2.05, 4.69) is 10.1 Å². The maximum atomic E-state index is 6.39. The Morgan fingerprint density at radius 1 is 1.21 bits per heavy atom. The third-order valence-electron chi connectivity index (χ3n) is 3.69. The lowest BCUT2D eigenvalue weighted by atomic mass is 9.82. The van der Waals surface area contributed by atoms with Crippen LogP contribution in [-0.2, 0) is 5.54 Å². The van der Waals surface area contributed by atoms with E-state index < -0.39 is 5.54 Å². The van der Waals surface area contributed by atoms with Crippen LogP contribution in [0.15, 0.2) is 28.8 Å². The number of aromatic nitrogens is 2. The molecule has 1 fully saturated rings. The van der Waals surface area contributed by atoms with Crippen molar-refractivity contribution in [2.75, 3.05) is 0 Å². The predicted molar refractivity (Wildman–Crippen MR) is 73.7 cm³/mol. The summed E-state index contributed by atoms with van der Waals surface area (Å²) in [6.07, 6.45) is 5.32. The third-order valence-corrected chi connectivity index (χ3v) is 3.92. The molecule has 19 heavy (non-hydrogen) atoms. The summed E-state index contributed by atoms with van der Waals surface area (Å²) in [6.45, 7) is 0. The molecule has 0 unspecified atom stereocenters. The molecule has 4 nitrogen and oxygen atoms in total. The Hall–Kier alpha value is -1.39. The topological polar surface area (TPSA) is 64.9 Å². The Balaban J connectivity index is 1.91. The monoisotopic (exact) mass is 277 g/mol. The van der Waals surface area contributed by atoms with Crippen LogP contribution in [-0.4, -0.2) is 10.1 Å². The second kappa shape index (κ2) is 4.94. The first kappa shape index (κ1) is 12.6. The average Bonchev–Trinajstić information content (AvgIpc) is 2.90. The van der Waals surface area contributed by atoms with Crippen LogP contribution in [0, 0.1) is 0 Å². The summed E-state index contributed by atoms with van der Waals surface area (Å²) in [7, 11) is 0. The molecule has 1 aromatic heterocycles. The van der Waals surface area contributed by atoms with Crippen molar-refractivity contribution in [3.05, 3.63) is 35.1 Å². The molecular weight excluding hydrogens is 262 g/mol. The molecule has 1 aliphatic rings. The zero-order chi connectivity index (χ0) is 13.3. The van der Waals surface area contributed by atoms with Crippen LogP contribution >= 0.6 is 11.6 Å². The van der Waals surface area contributed by atoms with E-state index in [0.29, 0.717) is 16.7 Å². The summed E-state index contributed by atoms with van der Waals surface area (Å²) < 4.78 is 5.32. The first-order valence-corrected chi connectivity index (χ1v) is 6.94. The minimum atomic E-state index is -0.432. The van der Waals surface area contributed by atoms with E-state index in [-0.39, 0.29) is 0 Å². The van der Waals surface area contributed by atoms with Gasteiger partial charge in [-0.2, -0.15) is 4.98 Å². The second-order valence-corrected chi connectivity index (χ2v) is 5.59. The quantitative estimate of drug-likeness (QED) is 0.912. The van der Waals surface area contributed by atoms with E-state index in [0.717, 1.165) is 31.2 Å². The van der Waals surface area contributed by atoms with Gasteiger partial charge in [-0.1, -0.05) is 42.1 Å². The van der Waals surface area contributed by atoms with E-state index in [1.54, 1.807) is 0 Å². The van der Waals surface area contributed by atoms with Gasteiger partial charge in [0.25, 0.3) is 5.89 Å². The van der Waals surface area contributed by atoms with Crippen molar-refractivity contribution < 1.29 is 4.52 Å². The largest absolute Gasteiger partial charge is 0.334 e. The van der Waals surface area contributed by atoms with E-state index in [9.17, 15) is 0 Å². The van der Waals surface area contributed by atoms with Crippen LogP contribution in [0.2, 0.25) is 5.02 Å². The fourth-order valence-corrected chi connectivity index (χ4v) is 2.76. The smallest absolute Gasteiger partial charge is 0.258 e. The highest BCUT2D eigenvalue weighted by molar-refractivity contribution is 6.30. The van der Waals surface area contributed by atoms with Crippen LogP contribution in [0.5, 0.6) is 0 Å². The minimum Gasteiger partial charge on any atom is -0.334 e. The Morgan fingerprint density at radius 3 is 2.74 bits per heavy atom. The molecule has 1 aromatic carbocycles. The minimum absolute atomic E-state index is 0.432. The molecule has 2 aromatic rings. The van der Waals surface area contributed by atoms with Gasteiger partial charge in [-0.25, -0.2) is 0 Å². The van der Waals surface area contributed by atoms with Crippen molar-refractivity contribution in [1.29, 1.82) is 0 Å². The molecule has 0 spiro atoms. The first-order valence-electron chi connectivity index (χ1n) is 6.56. The summed E-state index contributed by atoms with van der Waals surface area (Å²) in [5, 5.41) is 4.71. The van der Waals surface area contributed by atoms with Crippen molar-refractivity contribution in [3.63, 3.8) is 0 Å². The van der Waals surface area contributed by atoms with Crippen LogP contribution in [0.3, 0.4) is 0 Å². The summed E-state index contributed by atoms with van der Waals surface area (Å²) in [5.74, 6) is 1.09. The van der Waals surface area contributed by atoms with Crippen LogP contribution < -0.4 is 5.73 Å². The maximum Gasteiger partial charge on any atom is 0.258 e. The Kier molecular flexibility index (Phi) is 3.29. The summed E-state index contributed by atoms with van der Waals surface area (Å²) in [6, 6.07) is 7.38.